The summed E-state index contributed by atoms with van der Waals surface area (Å²) in [7, 11) is 5.15. The van der Waals surface area contributed by atoms with E-state index in [1.165, 1.54) is 5.57 Å². The van der Waals surface area contributed by atoms with Crippen LogP contribution in [0.2, 0.25) is 5.02 Å². The Morgan fingerprint density at radius 2 is 2.11 bits per heavy atom. The van der Waals surface area contributed by atoms with Crippen molar-refractivity contribution in [1.82, 2.24) is 10.6 Å². The first kappa shape index (κ1) is 28.9. The van der Waals surface area contributed by atoms with E-state index < -0.39 is 0 Å². The molecule has 1 aromatic carbocycles. The SMILES string of the molecule is CNC(=O)CCC1(C)OC1CC(CC(C/C=C/C=C(\C)Cc1ccc(Cl)c(OC)c1)NC)OC=O. The van der Waals surface area contributed by atoms with E-state index in [1.54, 1.807) is 14.2 Å². The number of halogens is 1. The van der Waals surface area contributed by atoms with Gasteiger partial charge >= 0.3 is 0 Å². The second-order valence-corrected chi connectivity index (χ2v) is 9.63. The fourth-order valence-electron chi connectivity index (χ4n) is 4.14. The van der Waals surface area contributed by atoms with E-state index in [-0.39, 0.29) is 29.8 Å². The van der Waals surface area contributed by atoms with Crippen LogP contribution in [0.25, 0.3) is 0 Å². The number of methoxy groups -OCH3 is 1. The van der Waals surface area contributed by atoms with Crippen molar-refractivity contribution in [1.29, 1.82) is 0 Å². The number of nitrogens with one attached hydrogen (secondary N) is 2. The molecule has 0 bridgehead atoms. The van der Waals surface area contributed by atoms with E-state index in [9.17, 15) is 9.59 Å². The van der Waals surface area contributed by atoms with Crippen molar-refractivity contribution in [3.8, 4) is 5.75 Å². The maximum absolute atomic E-state index is 11.5. The van der Waals surface area contributed by atoms with Gasteiger partial charge in [0.1, 0.15) is 11.9 Å². The van der Waals surface area contributed by atoms with Crippen LogP contribution in [0.1, 0.15) is 51.5 Å². The maximum atomic E-state index is 11.5. The van der Waals surface area contributed by atoms with Crippen molar-refractivity contribution in [2.75, 3.05) is 21.2 Å². The van der Waals surface area contributed by atoms with Crippen LogP contribution in [0.3, 0.4) is 0 Å². The van der Waals surface area contributed by atoms with Crippen molar-refractivity contribution in [2.45, 2.75) is 76.2 Å². The molecule has 0 aromatic heterocycles. The van der Waals surface area contributed by atoms with Crippen molar-refractivity contribution < 1.29 is 23.8 Å². The van der Waals surface area contributed by atoms with E-state index in [2.05, 4.69) is 35.8 Å². The zero-order chi connectivity index (χ0) is 25.8. The number of amides is 1. The number of hydrogen-bond donors (Lipinski definition) is 2. The van der Waals surface area contributed by atoms with Gasteiger partial charge in [0, 0.05) is 32.4 Å². The molecule has 1 aromatic rings. The number of allylic oxidation sites excluding steroid dienone is 3. The van der Waals surface area contributed by atoms with Crippen LogP contribution in [0.15, 0.2) is 42.0 Å². The van der Waals surface area contributed by atoms with Gasteiger partial charge in [0.05, 0.1) is 23.8 Å². The first-order valence-corrected chi connectivity index (χ1v) is 12.4. The molecule has 4 atom stereocenters. The average molecular weight is 507 g/mol. The Morgan fingerprint density at radius 3 is 2.77 bits per heavy atom. The molecule has 0 saturated carbocycles. The molecule has 2 N–H and O–H groups in total. The van der Waals surface area contributed by atoms with Gasteiger partial charge in [-0.05, 0) is 57.9 Å². The number of carbonyl (C=O) groups is 2. The van der Waals surface area contributed by atoms with Crippen LogP contribution in [0.5, 0.6) is 5.75 Å². The molecule has 1 amide bonds. The summed E-state index contributed by atoms with van der Waals surface area (Å²) in [6.07, 6.45) is 9.99. The molecule has 1 heterocycles. The molecule has 35 heavy (non-hydrogen) atoms. The zero-order valence-electron chi connectivity index (χ0n) is 21.4. The fraction of sp³-hybridized carbons (Fsp3) is 0.556. The Labute approximate surface area is 214 Å². The predicted octanol–water partition coefficient (Wildman–Crippen LogP) is 4.38. The molecular formula is C27H39ClN2O5. The zero-order valence-corrected chi connectivity index (χ0v) is 22.2. The molecule has 4 unspecified atom stereocenters. The smallest absolute Gasteiger partial charge is 0.293 e. The van der Waals surface area contributed by atoms with Crippen LogP contribution in [-0.2, 0) is 25.5 Å². The minimum Gasteiger partial charge on any atom is -0.495 e. The molecule has 194 valence electrons. The normalized spacial score (nSPS) is 21.4. The molecule has 8 heteroatoms. The van der Waals surface area contributed by atoms with Crippen molar-refractivity contribution in [3.05, 3.63) is 52.6 Å². The van der Waals surface area contributed by atoms with Gasteiger partial charge in [0.25, 0.3) is 6.47 Å². The van der Waals surface area contributed by atoms with Gasteiger partial charge in [0.2, 0.25) is 5.91 Å². The molecule has 0 aliphatic carbocycles. The highest BCUT2D eigenvalue weighted by Gasteiger charge is 2.52. The second kappa shape index (κ2) is 14.3. The lowest BCUT2D eigenvalue weighted by molar-refractivity contribution is -0.134. The van der Waals surface area contributed by atoms with Crippen LogP contribution in [0, 0.1) is 0 Å². The van der Waals surface area contributed by atoms with Crippen LogP contribution >= 0.6 is 11.6 Å². The van der Waals surface area contributed by atoms with Crippen molar-refractivity contribution in [3.63, 3.8) is 0 Å². The topological polar surface area (TPSA) is 89.2 Å². The Balaban J connectivity index is 1.84. The van der Waals surface area contributed by atoms with Gasteiger partial charge in [-0.15, -0.1) is 0 Å². The highest BCUT2D eigenvalue weighted by atomic mass is 35.5. The number of benzene rings is 1. The number of ether oxygens (including phenoxy) is 3. The average Bonchev–Trinajstić information content (AvgIpc) is 3.49. The highest BCUT2D eigenvalue weighted by molar-refractivity contribution is 6.32. The van der Waals surface area contributed by atoms with E-state index in [0.29, 0.717) is 42.9 Å². The first-order chi connectivity index (χ1) is 16.7. The summed E-state index contributed by atoms with van der Waals surface area (Å²) in [5.41, 5.74) is 2.03. The fourth-order valence-corrected chi connectivity index (χ4v) is 4.33. The molecule has 1 fully saturated rings. The Morgan fingerprint density at radius 1 is 1.34 bits per heavy atom. The number of carbonyl (C=O) groups excluding carboxylic acids is 2. The second-order valence-electron chi connectivity index (χ2n) is 9.23. The number of hydrogen-bond acceptors (Lipinski definition) is 6. The molecule has 1 saturated heterocycles. The Bertz CT molecular complexity index is 904. The van der Waals surface area contributed by atoms with Crippen LogP contribution in [-0.4, -0.2) is 57.4 Å². The predicted molar refractivity (Wildman–Crippen MR) is 139 cm³/mol. The third-order valence-corrected chi connectivity index (χ3v) is 6.79. The summed E-state index contributed by atoms with van der Waals surface area (Å²) in [5.74, 6) is 0.681. The van der Waals surface area contributed by atoms with Gasteiger partial charge < -0.3 is 24.8 Å². The van der Waals surface area contributed by atoms with E-state index >= 15 is 0 Å². The Kier molecular flexibility index (Phi) is 11.8. The maximum Gasteiger partial charge on any atom is 0.293 e. The summed E-state index contributed by atoms with van der Waals surface area (Å²) in [6, 6.07) is 5.97. The third kappa shape index (κ3) is 9.67. The van der Waals surface area contributed by atoms with Crippen molar-refractivity contribution >= 4 is 24.0 Å². The number of epoxide rings is 1. The largest absolute Gasteiger partial charge is 0.495 e. The summed E-state index contributed by atoms with van der Waals surface area (Å²) >= 11 is 6.10. The van der Waals surface area contributed by atoms with E-state index in [1.807, 2.05) is 32.2 Å². The highest BCUT2D eigenvalue weighted by Crippen LogP contribution is 2.43. The standard InChI is InChI=1S/C27H39ClN2O5/c1-19(14-20-10-11-23(28)24(15-20)33-5)8-6-7-9-21(29-3)16-22(34-18-31)17-25-27(2,35-25)13-12-26(32)30-4/h6-8,10-11,15,18,21-22,25,29H,9,12-14,16-17H2,1-5H3,(H,30,32)/b7-6+,19-8+. The molecule has 7 nitrogen and oxygen atoms in total. The lowest BCUT2D eigenvalue weighted by atomic mass is 9.94. The molecule has 1 aliphatic heterocycles. The molecular weight excluding hydrogens is 468 g/mol. The quantitative estimate of drug-likeness (QED) is 0.196. The minimum atomic E-state index is -0.331. The van der Waals surface area contributed by atoms with Gasteiger partial charge in [-0.1, -0.05) is 41.5 Å². The summed E-state index contributed by atoms with van der Waals surface area (Å²) in [6.45, 7) is 4.60. The monoisotopic (exact) mass is 506 g/mol. The summed E-state index contributed by atoms with van der Waals surface area (Å²) < 4.78 is 16.5. The van der Waals surface area contributed by atoms with Crippen LogP contribution < -0.4 is 15.4 Å². The molecule has 0 radical (unpaired) electrons. The van der Waals surface area contributed by atoms with E-state index in [0.717, 1.165) is 18.4 Å². The third-order valence-electron chi connectivity index (χ3n) is 6.48. The Hall–Kier alpha value is -2.35. The van der Waals surface area contributed by atoms with Crippen molar-refractivity contribution in [2.24, 2.45) is 0 Å². The summed E-state index contributed by atoms with van der Waals surface area (Å²) in [5, 5.41) is 6.55. The minimum absolute atomic E-state index is 0.000351. The summed E-state index contributed by atoms with van der Waals surface area (Å²) in [4.78, 5) is 22.6. The number of rotatable bonds is 16. The molecule has 2 rings (SSSR count). The van der Waals surface area contributed by atoms with Gasteiger partial charge in [-0.25, -0.2) is 0 Å². The lowest BCUT2D eigenvalue weighted by Gasteiger charge is -2.21. The van der Waals surface area contributed by atoms with Gasteiger partial charge in [0.15, 0.2) is 0 Å². The van der Waals surface area contributed by atoms with E-state index in [4.69, 9.17) is 25.8 Å². The molecule has 0 spiro atoms. The van der Waals surface area contributed by atoms with Gasteiger partial charge in [-0.2, -0.15) is 0 Å². The lowest BCUT2D eigenvalue weighted by Crippen LogP contribution is -2.32. The van der Waals surface area contributed by atoms with Crippen LogP contribution in [0.4, 0.5) is 0 Å². The molecule has 1 aliphatic rings. The first-order valence-electron chi connectivity index (χ1n) is 12.0. The van der Waals surface area contributed by atoms with Gasteiger partial charge in [-0.3, -0.25) is 9.59 Å².